The topological polar surface area (TPSA) is 92.4 Å². The molecule has 3 unspecified atom stereocenters. The van der Waals surface area contributed by atoms with E-state index in [1.54, 1.807) is 11.8 Å². The number of carbonyl (C=O) groups is 2. The first-order valence-corrected chi connectivity index (χ1v) is 10.1. The number of thioether (sulfide) groups is 2. The molecule has 4 N–H and O–H groups in total. The van der Waals surface area contributed by atoms with E-state index in [9.17, 15) is 14.7 Å². The van der Waals surface area contributed by atoms with Crippen molar-refractivity contribution in [2.45, 2.75) is 46.3 Å². The highest BCUT2D eigenvalue weighted by atomic mass is 32.2. The zero-order valence-electron chi connectivity index (χ0n) is 13.4. The molecule has 3 atom stereocenters. The number of carboxylic acid groups (broad SMARTS) is 1. The van der Waals surface area contributed by atoms with E-state index in [-0.39, 0.29) is 21.7 Å². The molecule has 2 heterocycles. The summed E-state index contributed by atoms with van der Waals surface area (Å²) in [6.45, 7) is 1.22. The van der Waals surface area contributed by atoms with Gasteiger partial charge < -0.3 is 16.2 Å². The summed E-state index contributed by atoms with van der Waals surface area (Å²) >= 11 is 3.14. The van der Waals surface area contributed by atoms with Crippen LogP contribution in [0.3, 0.4) is 0 Å². The molecule has 0 aromatic heterocycles. The van der Waals surface area contributed by atoms with Crippen molar-refractivity contribution < 1.29 is 14.7 Å². The zero-order valence-corrected chi connectivity index (χ0v) is 15.0. The van der Waals surface area contributed by atoms with E-state index in [1.165, 1.54) is 17.3 Å². The quantitative estimate of drug-likeness (QED) is 0.669. The molecule has 24 heavy (non-hydrogen) atoms. The third kappa shape index (κ3) is 3.73. The highest BCUT2D eigenvalue weighted by Crippen LogP contribution is 2.49. The van der Waals surface area contributed by atoms with Crippen LogP contribution in [0.5, 0.6) is 0 Å². The molecule has 0 radical (unpaired) electrons. The normalized spacial score (nSPS) is 25.5. The second-order valence-corrected chi connectivity index (χ2v) is 8.75. The maximum Gasteiger partial charge on any atom is 0.317 e. The minimum atomic E-state index is -0.751. The minimum absolute atomic E-state index is 0.0204. The van der Waals surface area contributed by atoms with E-state index in [0.29, 0.717) is 19.5 Å². The first-order valence-electron chi connectivity index (χ1n) is 8.24. The Kier molecular flexibility index (Phi) is 5.73. The van der Waals surface area contributed by atoms with Crippen molar-refractivity contribution in [1.29, 1.82) is 0 Å². The van der Waals surface area contributed by atoms with Gasteiger partial charge in [0.25, 0.3) is 0 Å². The van der Waals surface area contributed by atoms with Gasteiger partial charge in [-0.05, 0) is 49.4 Å². The number of amides is 1. The van der Waals surface area contributed by atoms with Crippen LogP contribution in [0, 0.1) is 0 Å². The lowest BCUT2D eigenvalue weighted by Gasteiger charge is -2.15. The summed E-state index contributed by atoms with van der Waals surface area (Å²) in [5.41, 5.74) is 7.83. The average molecular weight is 367 g/mol. The van der Waals surface area contributed by atoms with Crippen LogP contribution in [-0.4, -0.2) is 40.6 Å². The van der Waals surface area contributed by atoms with Gasteiger partial charge in [-0.25, -0.2) is 0 Å². The van der Waals surface area contributed by atoms with Gasteiger partial charge in [0.05, 0.1) is 5.25 Å². The smallest absolute Gasteiger partial charge is 0.317 e. The Balaban J connectivity index is 1.66. The highest BCUT2D eigenvalue weighted by molar-refractivity contribution is 8.01. The van der Waals surface area contributed by atoms with Crippen LogP contribution in [0.1, 0.15) is 35.6 Å². The van der Waals surface area contributed by atoms with E-state index >= 15 is 0 Å². The van der Waals surface area contributed by atoms with Gasteiger partial charge in [0.1, 0.15) is 5.25 Å². The van der Waals surface area contributed by atoms with Crippen LogP contribution in [0.2, 0.25) is 0 Å². The number of benzene rings is 1. The molecule has 0 aliphatic carbocycles. The van der Waals surface area contributed by atoms with Crippen LogP contribution in [0.25, 0.3) is 0 Å². The molecule has 1 fully saturated rings. The molecule has 7 heteroatoms. The van der Waals surface area contributed by atoms with Gasteiger partial charge in [0.15, 0.2) is 0 Å². The van der Waals surface area contributed by atoms with Crippen molar-refractivity contribution >= 4 is 35.4 Å². The average Bonchev–Trinajstić information content (AvgIpc) is 3.21. The number of hydrogen-bond acceptors (Lipinski definition) is 5. The summed E-state index contributed by atoms with van der Waals surface area (Å²) in [5, 5.41) is 12.1. The van der Waals surface area contributed by atoms with Gasteiger partial charge in [-0.3, -0.25) is 9.59 Å². The lowest BCUT2D eigenvalue weighted by atomic mass is 9.98. The van der Waals surface area contributed by atoms with Crippen molar-refractivity contribution in [2.24, 2.45) is 5.73 Å². The summed E-state index contributed by atoms with van der Waals surface area (Å²) in [5.74, 6) is -0.653. The predicted octanol–water partition coefficient (Wildman–Crippen LogP) is 2.19. The van der Waals surface area contributed by atoms with Gasteiger partial charge in [0, 0.05) is 16.7 Å². The second kappa shape index (κ2) is 7.80. The van der Waals surface area contributed by atoms with Gasteiger partial charge >= 0.3 is 5.97 Å². The molecule has 2 aliphatic rings. The largest absolute Gasteiger partial charge is 0.480 e. The number of nitrogens with two attached hydrogens (primary N) is 1. The van der Waals surface area contributed by atoms with Gasteiger partial charge in [-0.2, -0.15) is 0 Å². The molecule has 3 rings (SSSR count). The molecular weight excluding hydrogens is 344 g/mol. The lowest BCUT2D eigenvalue weighted by molar-refractivity contribution is -0.136. The van der Waals surface area contributed by atoms with Crippen LogP contribution in [0.15, 0.2) is 23.1 Å². The summed E-state index contributed by atoms with van der Waals surface area (Å²) in [7, 11) is 0. The van der Waals surface area contributed by atoms with Crippen LogP contribution in [-0.2, 0) is 16.0 Å². The molecule has 0 saturated carbocycles. The van der Waals surface area contributed by atoms with Gasteiger partial charge in [-0.1, -0.05) is 12.1 Å². The Morgan fingerprint density at radius 1 is 1.29 bits per heavy atom. The number of nitrogens with one attached hydrogen (secondary N) is 1. The molecule has 0 bridgehead atoms. The van der Waals surface area contributed by atoms with E-state index < -0.39 is 5.97 Å². The second-order valence-electron chi connectivity index (χ2n) is 6.10. The molecule has 5 nitrogen and oxygen atoms in total. The Bertz CT molecular complexity index is 638. The maximum absolute atomic E-state index is 12.2. The molecule has 1 amide bonds. The molecule has 2 aliphatic heterocycles. The van der Waals surface area contributed by atoms with Crippen molar-refractivity contribution in [3.63, 3.8) is 0 Å². The lowest BCUT2D eigenvalue weighted by Crippen LogP contribution is -2.32. The summed E-state index contributed by atoms with van der Waals surface area (Å²) in [6, 6.07) is 6.10. The maximum atomic E-state index is 12.2. The van der Waals surface area contributed by atoms with Crippen LogP contribution in [0.4, 0.5) is 0 Å². The third-order valence-corrected chi connectivity index (χ3v) is 7.33. The Hall–Kier alpha value is -1.18. The Morgan fingerprint density at radius 3 is 2.88 bits per heavy atom. The Labute approximate surface area is 150 Å². The summed E-state index contributed by atoms with van der Waals surface area (Å²) in [6.07, 6.45) is 3.20. The molecule has 1 aromatic carbocycles. The summed E-state index contributed by atoms with van der Waals surface area (Å²) < 4.78 is 0. The van der Waals surface area contributed by atoms with Gasteiger partial charge in [-0.15, -0.1) is 23.5 Å². The van der Waals surface area contributed by atoms with E-state index in [0.717, 1.165) is 29.7 Å². The number of fused-ring (bicyclic) bond motifs is 1. The van der Waals surface area contributed by atoms with E-state index in [4.69, 9.17) is 5.73 Å². The fourth-order valence-corrected chi connectivity index (χ4v) is 5.89. The standard InChI is InChI=1S/C17H22N2O3S2/c18-7-2-8-19-16(20)14-6-5-13(23-14)10-3-1-4-12-11(10)9-15(24-12)17(21)22/h1,3-4,13-15H,2,5-9,18H2,(H,19,20)(H,21,22). The van der Waals surface area contributed by atoms with Gasteiger partial charge in [0.2, 0.25) is 5.91 Å². The SMILES string of the molecule is NCCCNC(=O)C1CCC(c2cccc3c2CC(C(=O)O)S3)S1. The number of carboxylic acids is 1. The van der Waals surface area contributed by atoms with Crippen molar-refractivity contribution in [2.75, 3.05) is 13.1 Å². The summed E-state index contributed by atoms with van der Waals surface area (Å²) in [4.78, 5) is 24.6. The number of rotatable bonds is 6. The fraction of sp³-hybridized carbons (Fsp3) is 0.529. The first-order chi connectivity index (χ1) is 11.6. The molecule has 130 valence electrons. The van der Waals surface area contributed by atoms with Crippen molar-refractivity contribution in [3.05, 3.63) is 29.3 Å². The molecule has 1 aromatic rings. The van der Waals surface area contributed by atoms with Crippen LogP contribution < -0.4 is 11.1 Å². The predicted molar refractivity (Wildman–Crippen MR) is 97.5 cm³/mol. The molecule has 1 saturated heterocycles. The fourth-order valence-electron chi connectivity index (χ4n) is 3.22. The van der Waals surface area contributed by atoms with E-state index in [1.807, 2.05) is 12.1 Å². The first kappa shape index (κ1) is 17.6. The number of hydrogen-bond donors (Lipinski definition) is 3. The minimum Gasteiger partial charge on any atom is -0.480 e. The Morgan fingerprint density at radius 2 is 2.12 bits per heavy atom. The number of aliphatic carboxylic acids is 1. The number of carbonyl (C=O) groups excluding carboxylic acids is 1. The van der Waals surface area contributed by atoms with E-state index in [2.05, 4.69) is 11.4 Å². The molecule has 0 spiro atoms. The zero-order chi connectivity index (χ0) is 17.1. The highest BCUT2D eigenvalue weighted by Gasteiger charge is 2.36. The van der Waals surface area contributed by atoms with Crippen molar-refractivity contribution in [3.8, 4) is 0 Å². The monoisotopic (exact) mass is 366 g/mol. The third-order valence-electron chi connectivity index (χ3n) is 4.44. The van der Waals surface area contributed by atoms with Crippen LogP contribution >= 0.6 is 23.5 Å². The molecular formula is C17H22N2O3S2. The van der Waals surface area contributed by atoms with Crippen molar-refractivity contribution in [1.82, 2.24) is 5.32 Å².